The fraction of sp³-hybridized carbons (Fsp3) is 0.143. The molecule has 2 rings (SSSR count). The van der Waals surface area contributed by atoms with Gasteiger partial charge in [0.25, 0.3) is 0 Å². The van der Waals surface area contributed by atoms with Gasteiger partial charge in [-0.2, -0.15) is 13.2 Å². The molecule has 0 unspecified atom stereocenters. The summed E-state index contributed by atoms with van der Waals surface area (Å²) in [7, 11) is 0.981. The highest BCUT2D eigenvalue weighted by molar-refractivity contribution is 6.49. The lowest BCUT2D eigenvalue weighted by Gasteiger charge is -2.13. The van der Waals surface area contributed by atoms with Crippen molar-refractivity contribution in [2.45, 2.75) is 6.18 Å². The van der Waals surface area contributed by atoms with Gasteiger partial charge in [-0.05, 0) is 18.2 Å². The Balaban J connectivity index is 2.67. The van der Waals surface area contributed by atoms with E-state index in [0.29, 0.717) is 6.20 Å². The number of esters is 1. The third-order valence-electron chi connectivity index (χ3n) is 2.93. The van der Waals surface area contributed by atoms with Crippen molar-refractivity contribution in [1.29, 1.82) is 0 Å². The first-order valence-electron chi connectivity index (χ1n) is 5.96. The van der Waals surface area contributed by atoms with Gasteiger partial charge in [0.2, 0.25) is 0 Å². The molecular weight excluding hydrogens is 378 g/mol. The molecule has 1 aromatic heterocycles. The highest BCUT2D eigenvalue weighted by Crippen LogP contribution is 2.39. The van der Waals surface area contributed by atoms with Gasteiger partial charge in [0.15, 0.2) is 0 Å². The van der Waals surface area contributed by atoms with Gasteiger partial charge in [-0.3, -0.25) is 4.98 Å². The zero-order valence-electron chi connectivity index (χ0n) is 11.3. The van der Waals surface area contributed by atoms with Crippen LogP contribution in [0.25, 0.3) is 11.3 Å². The minimum absolute atomic E-state index is 0.0160. The van der Waals surface area contributed by atoms with E-state index in [4.69, 9.17) is 34.8 Å². The second-order valence-corrected chi connectivity index (χ2v) is 5.49. The smallest absolute Gasteiger partial charge is 0.418 e. The summed E-state index contributed by atoms with van der Waals surface area (Å²) in [5, 5.41) is 0.231. The maximum atomic E-state index is 13.0. The van der Waals surface area contributed by atoms with Gasteiger partial charge in [-0.25, -0.2) is 4.79 Å². The molecular formula is C14H7Cl3F3NO2. The molecule has 2 aromatic rings. The third kappa shape index (κ3) is 3.54. The van der Waals surface area contributed by atoms with Gasteiger partial charge >= 0.3 is 12.1 Å². The fourth-order valence-corrected chi connectivity index (χ4v) is 2.46. The van der Waals surface area contributed by atoms with Crippen LogP contribution in [0.2, 0.25) is 15.1 Å². The summed E-state index contributed by atoms with van der Waals surface area (Å²) in [6, 6.07) is 3.80. The Morgan fingerprint density at radius 3 is 2.39 bits per heavy atom. The van der Waals surface area contributed by atoms with Gasteiger partial charge in [-0.1, -0.05) is 34.8 Å². The Bertz CT molecular complexity index is 779. The number of hydrogen-bond acceptors (Lipinski definition) is 3. The molecule has 23 heavy (non-hydrogen) atoms. The van der Waals surface area contributed by atoms with E-state index < -0.39 is 23.3 Å². The molecule has 0 saturated carbocycles. The van der Waals surface area contributed by atoms with Gasteiger partial charge in [0, 0.05) is 11.8 Å². The number of hydrogen-bond donors (Lipinski definition) is 0. The number of benzene rings is 1. The van der Waals surface area contributed by atoms with Crippen LogP contribution in [-0.4, -0.2) is 18.1 Å². The van der Waals surface area contributed by atoms with Crippen LogP contribution in [0.1, 0.15) is 15.9 Å². The zero-order chi connectivity index (χ0) is 17.4. The minimum atomic E-state index is -4.75. The number of pyridine rings is 1. The molecule has 0 radical (unpaired) electrons. The molecule has 9 heteroatoms. The number of methoxy groups -OCH3 is 1. The summed E-state index contributed by atoms with van der Waals surface area (Å²) in [6.07, 6.45) is -4.21. The van der Waals surface area contributed by atoms with Crippen molar-refractivity contribution >= 4 is 40.8 Å². The van der Waals surface area contributed by atoms with Crippen LogP contribution in [0.15, 0.2) is 24.4 Å². The molecule has 3 nitrogen and oxygen atoms in total. The van der Waals surface area contributed by atoms with Crippen molar-refractivity contribution in [2.75, 3.05) is 7.11 Å². The largest absolute Gasteiger partial charge is 0.465 e. The quantitative estimate of drug-likeness (QED) is 0.506. The Morgan fingerprint density at radius 2 is 1.83 bits per heavy atom. The first kappa shape index (κ1) is 17.8. The van der Waals surface area contributed by atoms with Gasteiger partial charge in [0.05, 0.1) is 39.0 Å². The lowest BCUT2D eigenvalue weighted by molar-refractivity contribution is -0.138. The molecule has 0 amide bonds. The molecule has 0 aliphatic heterocycles. The predicted octanol–water partition coefficient (Wildman–Crippen LogP) is 5.51. The van der Waals surface area contributed by atoms with Crippen molar-refractivity contribution in [3.8, 4) is 11.3 Å². The molecule has 0 aliphatic carbocycles. The normalized spacial score (nSPS) is 11.4. The maximum absolute atomic E-state index is 13.0. The molecule has 0 bridgehead atoms. The lowest BCUT2D eigenvalue weighted by Crippen LogP contribution is -2.15. The highest BCUT2D eigenvalue weighted by atomic mass is 35.5. The Morgan fingerprint density at radius 1 is 1.17 bits per heavy atom. The predicted molar refractivity (Wildman–Crippen MR) is 81.0 cm³/mol. The van der Waals surface area contributed by atoms with Crippen molar-refractivity contribution in [2.24, 2.45) is 0 Å². The SMILES string of the molecule is COC(=O)c1cc(-c2ccc(Cl)c(Cl)c2Cl)ncc1C(F)(F)F. The summed E-state index contributed by atoms with van der Waals surface area (Å²) < 4.78 is 43.3. The monoisotopic (exact) mass is 383 g/mol. The van der Waals surface area contributed by atoms with E-state index in [1.807, 2.05) is 0 Å². The van der Waals surface area contributed by atoms with E-state index in [2.05, 4.69) is 9.72 Å². The molecule has 1 aromatic carbocycles. The number of aromatic nitrogens is 1. The van der Waals surface area contributed by atoms with E-state index in [1.54, 1.807) is 0 Å². The Labute approximate surface area is 143 Å². The molecule has 1 heterocycles. The Kier molecular flexibility index (Phi) is 5.08. The highest BCUT2D eigenvalue weighted by Gasteiger charge is 2.36. The average molecular weight is 385 g/mol. The molecule has 0 spiro atoms. The number of nitrogens with zero attached hydrogens (tertiary/aromatic N) is 1. The number of rotatable bonds is 2. The van der Waals surface area contributed by atoms with Crippen molar-refractivity contribution in [3.05, 3.63) is 50.6 Å². The molecule has 0 N–H and O–H groups in total. The van der Waals surface area contributed by atoms with Crippen LogP contribution in [0.3, 0.4) is 0 Å². The van der Waals surface area contributed by atoms with Crippen LogP contribution in [0.4, 0.5) is 13.2 Å². The summed E-state index contributed by atoms with van der Waals surface area (Å²) in [6.45, 7) is 0. The fourth-order valence-electron chi connectivity index (χ4n) is 1.83. The van der Waals surface area contributed by atoms with E-state index in [9.17, 15) is 18.0 Å². The average Bonchev–Trinajstić information content (AvgIpc) is 2.50. The topological polar surface area (TPSA) is 39.2 Å². The van der Waals surface area contributed by atoms with Crippen LogP contribution < -0.4 is 0 Å². The maximum Gasteiger partial charge on any atom is 0.418 e. The van der Waals surface area contributed by atoms with E-state index in [1.165, 1.54) is 12.1 Å². The van der Waals surface area contributed by atoms with Crippen LogP contribution >= 0.6 is 34.8 Å². The number of halogens is 6. The Hall–Kier alpha value is -1.50. The van der Waals surface area contributed by atoms with Crippen molar-refractivity contribution in [1.82, 2.24) is 4.98 Å². The summed E-state index contributed by atoms with van der Waals surface area (Å²) >= 11 is 17.7. The summed E-state index contributed by atoms with van der Waals surface area (Å²) in [5.41, 5.74) is -1.61. The molecule has 0 fully saturated rings. The van der Waals surface area contributed by atoms with Crippen molar-refractivity contribution < 1.29 is 22.7 Å². The van der Waals surface area contributed by atoms with Gasteiger partial charge < -0.3 is 4.74 Å². The van der Waals surface area contributed by atoms with Crippen LogP contribution in [0.5, 0.6) is 0 Å². The molecule has 122 valence electrons. The van der Waals surface area contributed by atoms with Crippen molar-refractivity contribution in [3.63, 3.8) is 0 Å². The zero-order valence-corrected chi connectivity index (χ0v) is 13.6. The van der Waals surface area contributed by atoms with Crippen LogP contribution in [-0.2, 0) is 10.9 Å². The number of carbonyl (C=O) groups excluding carboxylic acids is 1. The summed E-state index contributed by atoms with van der Waals surface area (Å²) in [5.74, 6) is -1.14. The third-order valence-corrected chi connectivity index (χ3v) is 4.22. The second kappa shape index (κ2) is 6.55. The standard InChI is InChI=1S/C14H7Cl3F3NO2/c1-23-13(22)7-4-10(21-5-8(7)14(18,19)20)6-2-3-9(15)12(17)11(6)16/h2-5H,1H3. The van der Waals surface area contributed by atoms with Gasteiger partial charge in [0.1, 0.15) is 0 Å². The molecule has 0 atom stereocenters. The van der Waals surface area contributed by atoms with Crippen LogP contribution in [0, 0.1) is 0 Å². The first-order valence-corrected chi connectivity index (χ1v) is 7.09. The lowest BCUT2D eigenvalue weighted by atomic mass is 10.0. The number of ether oxygens (including phenoxy) is 1. The minimum Gasteiger partial charge on any atom is -0.465 e. The molecule has 0 saturated heterocycles. The first-order chi connectivity index (χ1) is 10.7. The van der Waals surface area contributed by atoms with E-state index in [0.717, 1.165) is 13.2 Å². The second-order valence-electron chi connectivity index (χ2n) is 4.33. The summed E-state index contributed by atoms with van der Waals surface area (Å²) in [4.78, 5) is 15.4. The van der Waals surface area contributed by atoms with E-state index in [-0.39, 0.29) is 26.3 Å². The van der Waals surface area contributed by atoms with Gasteiger partial charge in [-0.15, -0.1) is 0 Å². The molecule has 0 aliphatic rings. The number of carbonyl (C=O) groups is 1. The number of alkyl halides is 3. The van der Waals surface area contributed by atoms with E-state index >= 15 is 0 Å².